The molecule has 0 saturated carbocycles. The zero-order valence-corrected chi connectivity index (χ0v) is 39.3. The molecule has 348 valence electrons. The third kappa shape index (κ3) is 40.7. The summed E-state index contributed by atoms with van der Waals surface area (Å²) in [5, 5.41) is 43.3. The van der Waals surface area contributed by atoms with Crippen molar-refractivity contribution in [3.63, 3.8) is 0 Å². The van der Waals surface area contributed by atoms with Crippen LogP contribution in [-0.4, -0.2) is 57.3 Å². The van der Waals surface area contributed by atoms with E-state index in [1.165, 1.54) is 231 Å². The van der Waals surface area contributed by atoms with Crippen molar-refractivity contribution in [2.45, 2.75) is 321 Å². The van der Waals surface area contributed by atoms with Crippen molar-refractivity contribution in [3.05, 3.63) is 0 Å². The van der Waals surface area contributed by atoms with Crippen LogP contribution in [-0.2, 0) is 4.79 Å². The quantitative estimate of drug-likeness (QED) is 0.0393. The molecular weight excluding hydrogens is 719 g/mol. The maximum absolute atomic E-state index is 12.5. The molecule has 0 heterocycles. The molecule has 4 unspecified atom stereocenters. The fourth-order valence-corrected chi connectivity index (χ4v) is 8.64. The SMILES string of the molecule is CCCCCCCCCCCCCCCCCCCCCCCCCCCCCCCCCCCCCCC(O)C(=O)NC(CO)C(O)C(O)CCCCCCCC. The summed E-state index contributed by atoms with van der Waals surface area (Å²) in [4.78, 5) is 12.5. The zero-order valence-electron chi connectivity index (χ0n) is 39.3. The maximum Gasteiger partial charge on any atom is 0.249 e. The summed E-state index contributed by atoms with van der Waals surface area (Å²) in [5.41, 5.74) is 0. The second kappa shape index (κ2) is 47.4. The topological polar surface area (TPSA) is 110 Å². The van der Waals surface area contributed by atoms with Crippen molar-refractivity contribution >= 4 is 5.91 Å². The fraction of sp³-hybridized carbons (Fsp3) is 0.981. The number of nitrogens with one attached hydrogen (secondary N) is 1. The van der Waals surface area contributed by atoms with Gasteiger partial charge in [0.05, 0.1) is 18.8 Å². The first kappa shape index (κ1) is 57.3. The number of aliphatic hydroxyl groups is 4. The predicted molar refractivity (Wildman–Crippen MR) is 252 cm³/mol. The van der Waals surface area contributed by atoms with E-state index in [1.807, 2.05) is 0 Å². The minimum absolute atomic E-state index is 0.375. The third-order valence-electron chi connectivity index (χ3n) is 12.8. The number of aliphatic hydroxyl groups excluding tert-OH is 4. The Kier molecular flexibility index (Phi) is 46.8. The zero-order chi connectivity index (χ0) is 42.4. The summed E-state index contributed by atoms with van der Waals surface area (Å²) in [6, 6.07) is -0.977. The van der Waals surface area contributed by atoms with Crippen LogP contribution in [0.3, 0.4) is 0 Å². The summed E-state index contributed by atoms with van der Waals surface area (Å²) in [6.07, 6.45) is 53.8. The minimum Gasteiger partial charge on any atom is -0.394 e. The highest BCUT2D eigenvalue weighted by atomic mass is 16.3. The maximum atomic E-state index is 12.5. The Morgan fingerprint density at radius 2 is 0.586 bits per heavy atom. The van der Waals surface area contributed by atoms with Crippen molar-refractivity contribution in [3.8, 4) is 0 Å². The third-order valence-corrected chi connectivity index (χ3v) is 12.8. The number of unbranched alkanes of at least 4 members (excludes halogenated alkanes) is 40. The fourth-order valence-electron chi connectivity index (χ4n) is 8.64. The lowest BCUT2D eigenvalue weighted by atomic mass is 9.99. The van der Waals surface area contributed by atoms with E-state index in [1.54, 1.807) is 0 Å². The Morgan fingerprint density at radius 3 is 0.828 bits per heavy atom. The number of carbonyl (C=O) groups is 1. The van der Waals surface area contributed by atoms with Crippen LogP contribution in [0.15, 0.2) is 0 Å². The van der Waals surface area contributed by atoms with Gasteiger partial charge in [-0.05, 0) is 12.8 Å². The van der Waals surface area contributed by atoms with Gasteiger partial charge in [-0.3, -0.25) is 4.79 Å². The van der Waals surface area contributed by atoms with E-state index in [-0.39, 0.29) is 0 Å². The smallest absolute Gasteiger partial charge is 0.249 e. The molecule has 6 nitrogen and oxygen atoms in total. The number of hydrogen-bond donors (Lipinski definition) is 5. The second-order valence-corrected chi connectivity index (χ2v) is 18.6. The van der Waals surface area contributed by atoms with Crippen molar-refractivity contribution in [1.82, 2.24) is 5.32 Å². The summed E-state index contributed by atoms with van der Waals surface area (Å²) >= 11 is 0. The molecule has 5 N–H and O–H groups in total. The van der Waals surface area contributed by atoms with Gasteiger partial charge < -0.3 is 25.7 Å². The van der Waals surface area contributed by atoms with Gasteiger partial charge in [0.1, 0.15) is 12.2 Å². The highest BCUT2D eigenvalue weighted by Gasteiger charge is 2.28. The molecule has 0 aromatic rings. The van der Waals surface area contributed by atoms with Crippen LogP contribution in [0.25, 0.3) is 0 Å². The van der Waals surface area contributed by atoms with Gasteiger partial charge in [0.2, 0.25) is 5.91 Å². The first-order valence-corrected chi connectivity index (χ1v) is 26.4. The lowest BCUT2D eigenvalue weighted by Crippen LogP contribution is -2.53. The van der Waals surface area contributed by atoms with Crippen LogP contribution in [0.1, 0.15) is 296 Å². The highest BCUT2D eigenvalue weighted by molar-refractivity contribution is 5.80. The van der Waals surface area contributed by atoms with Gasteiger partial charge >= 0.3 is 0 Å². The standard InChI is InChI=1S/C52H105NO5/c1-3-5-7-9-11-12-13-14-15-16-17-18-19-20-21-22-23-24-25-26-27-28-29-30-31-32-33-34-35-36-37-38-39-40-42-44-46-50(56)52(58)53-48(47-54)51(57)49(55)45-43-41-10-8-6-4-2/h48-51,54-57H,3-47H2,1-2H3,(H,53,58). The van der Waals surface area contributed by atoms with Gasteiger partial charge in [0.15, 0.2) is 0 Å². The van der Waals surface area contributed by atoms with Crippen LogP contribution in [0.2, 0.25) is 0 Å². The van der Waals surface area contributed by atoms with Crippen molar-refractivity contribution in [2.24, 2.45) is 0 Å². The van der Waals surface area contributed by atoms with E-state index in [0.29, 0.717) is 12.8 Å². The van der Waals surface area contributed by atoms with E-state index in [0.717, 1.165) is 38.5 Å². The van der Waals surface area contributed by atoms with Crippen molar-refractivity contribution < 1.29 is 25.2 Å². The predicted octanol–water partition coefficient (Wildman–Crippen LogP) is 14.8. The van der Waals surface area contributed by atoms with Gasteiger partial charge in [0, 0.05) is 0 Å². The largest absolute Gasteiger partial charge is 0.394 e. The van der Waals surface area contributed by atoms with Gasteiger partial charge in [-0.15, -0.1) is 0 Å². The molecule has 1 amide bonds. The molecule has 0 aliphatic carbocycles. The molecule has 58 heavy (non-hydrogen) atoms. The Morgan fingerprint density at radius 1 is 0.362 bits per heavy atom. The molecule has 0 rings (SSSR count). The Hall–Kier alpha value is -0.690. The van der Waals surface area contributed by atoms with E-state index in [9.17, 15) is 25.2 Å². The van der Waals surface area contributed by atoms with Crippen molar-refractivity contribution in [2.75, 3.05) is 6.61 Å². The monoisotopic (exact) mass is 824 g/mol. The van der Waals surface area contributed by atoms with Crippen LogP contribution in [0.5, 0.6) is 0 Å². The van der Waals surface area contributed by atoms with E-state index in [4.69, 9.17) is 0 Å². The summed E-state index contributed by atoms with van der Waals surface area (Å²) in [5.74, 6) is -0.582. The molecule has 0 aliphatic heterocycles. The summed E-state index contributed by atoms with van der Waals surface area (Å²) in [7, 11) is 0. The number of rotatable bonds is 49. The number of carbonyl (C=O) groups excluding carboxylic acids is 1. The lowest BCUT2D eigenvalue weighted by Gasteiger charge is -2.27. The normalized spacial score (nSPS) is 13.8. The average molecular weight is 824 g/mol. The van der Waals surface area contributed by atoms with E-state index in [2.05, 4.69) is 19.2 Å². The second-order valence-electron chi connectivity index (χ2n) is 18.6. The molecule has 0 fully saturated rings. The first-order valence-electron chi connectivity index (χ1n) is 26.4. The van der Waals surface area contributed by atoms with Crippen LogP contribution in [0.4, 0.5) is 0 Å². The minimum atomic E-state index is -1.25. The van der Waals surface area contributed by atoms with Crippen LogP contribution >= 0.6 is 0 Å². The van der Waals surface area contributed by atoms with Gasteiger partial charge in [-0.25, -0.2) is 0 Å². The molecule has 6 heteroatoms. The van der Waals surface area contributed by atoms with Crippen molar-refractivity contribution in [1.29, 1.82) is 0 Å². The molecule has 4 atom stereocenters. The molecule has 0 aliphatic rings. The first-order chi connectivity index (χ1) is 28.5. The summed E-state index contributed by atoms with van der Waals surface area (Å²) in [6.45, 7) is 4.00. The van der Waals surface area contributed by atoms with E-state index >= 15 is 0 Å². The molecule has 0 aromatic carbocycles. The number of hydrogen-bond acceptors (Lipinski definition) is 5. The highest BCUT2D eigenvalue weighted by Crippen LogP contribution is 2.18. The molecule has 0 saturated heterocycles. The van der Waals surface area contributed by atoms with Gasteiger partial charge in [0.25, 0.3) is 0 Å². The summed E-state index contributed by atoms with van der Waals surface area (Å²) < 4.78 is 0. The molecular formula is C52H105NO5. The number of amides is 1. The Labute approximate surface area is 362 Å². The van der Waals surface area contributed by atoms with Gasteiger partial charge in [-0.2, -0.15) is 0 Å². The molecule has 0 spiro atoms. The molecule has 0 radical (unpaired) electrons. The van der Waals surface area contributed by atoms with E-state index < -0.39 is 36.9 Å². The molecule has 0 aromatic heterocycles. The molecule has 0 bridgehead atoms. The van der Waals surface area contributed by atoms with Gasteiger partial charge in [-0.1, -0.05) is 284 Å². The lowest BCUT2D eigenvalue weighted by molar-refractivity contribution is -0.132. The van der Waals surface area contributed by atoms with Crippen LogP contribution < -0.4 is 5.32 Å². The Bertz CT molecular complexity index is 796. The van der Waals surface area contributed by atoms with Crippen LogP contribution in [0, 0.1) is 0 Å². The Balaban J connectivity index is 3.39. The average Bonchev–Trinajstić information content (AvgIpc) is 3.23.